The van der Waals surface area contributed by atoms with E-state index in [1.807, 2.05) is 4.72 Å². The third kappa shape index (κ3) is 5.11. The molecule has 7 nitrogen and oxygen atoms in total. The minimum absolute atomic E-state index is 0.200. The second-order valence-electron chi connectivity index (χ2n) is 4.44. The number of hydrogen-bond acceptors (Lipinski definition) is 6. The minimum Gasteiger partial charge on any atom is -0.496 e. The highest BCUT2D eigenvalue weighted by molar-refractivity contribution is 7.89. The average Bonchev–Trinajstić information content (AvgIpc) is 2.96. The Hall–Kier alpha value is -2.32. The van der Waals surface area contributed by atoms with E-state index >= 15 is 0 Å². The summed E-state index contributed by atoms with van der Waals surface area (Å²) in [4.78, 5) is 11.8. The zero-order valence-corrected chi connectivity index (χ0v) is 13.6. The number of hydrogen-bond donors (Lipinski definition) is 1. The summed E-state index contributed by atoms with van der Waals surface area (Å²) in [6, 6.07) is 6.27. The first-order valence-electron chi connectivity index (χ1n) is 6.35. The molecule has 0 radical (unpaired) electrons. The van der Waals surface area contributed by atoms with E-state index in [2.05, 4.69) is 9.68 Å². The lowest BCUT2D eigenvalue weighted by atomic mass is 10.2. The van der Waals surface area contributed by atoms with E-state index in [1.165, 1.54) is 25.5 Å². The molecule has 122 valence electrons. The second kappa shape index (κ2) is 7.30. The summed E-state index contributed by atoms with van der Waals surface area (Å²) in [7, 11) is -2.39. The van der Waals surface area contributed by atoms with Crippen LogP contribution in [-0.2, 0) is 20.6 Å². The number of benzene rings is 1. The van der Waals surface area contributed by atoms with Crippen LogP contribution in [0.1, 0.15) is 11.3 Å². The molecule has 23 heavy (non-hydrogen) atoms. The Morgan fingerprint density at radius 1 is 1.43 bits per heavy atom. The lowest BCUT2D eigenvalue weighted by Crippen LogP contribution is -2.30. The van der Waals surface area contributed by atoms with Gasteiger partial charge in [-0.15, -0.1) is 0 Å². The molecule has 0 unspecified atom stereocenters. The molecule has 0 fully saturated rings. The van der Waals surface area contributed by atoms with Gasteiger partial charge in [-0.05, 0) is 24.3 Å². The van der Waals surface area contributed by atoms with Crippen molar-refractivity contribution in [1.82, 2.24) is 9.88 Å². The molecule has 2 rings (SSSR count). The molecule has 0 aliphatic rings. The monoisotopic (exact) mass is 356 g/mol. The summed E-state index contributed by atoms with van der Waals surface area (Å²) >= 11 is 5.87. The number of carbonyl (C=O) groups is 1. The first kappa shape index (κ1) is 17.0. The van der Waals surface area contributed by atoms with Crippen LogP contribution in [0.15, 0.2) is 41.1 Å². The van der Waals surface area contributed by atoms with Gasteiger partial charge in [0.2, 0.25) is 10.0 Å². The third-order valence-electron chi connectivity index (χ3n) is 2.69. The number of carbonyl (C=O) groups excluding carboxylic acids is 1. The summed E-state index contributed by atoms with van der Waals surface area (Å²) < 4.78 is 35.2. The maximum atomic E-state index is 11.8. The van der Waals surface area contributed by atoms with E-state index in [1.54, 1.807) is 18.2 Å². The van der Waals surface area contributed by atoms with Crippen molar-refractivity contribution in [2.45, 2.75) is 5.75 Å². The number of sulfonamides is 1. The Morgan fingerprint density at radius 3 is 2.87 bits per heavy atom. The summed E-state index contributed by atoms with van der Waals surface area (Å²) in [6.45, 7) is 0. The van der Waals surface area contributed by atoms with Gasteiger partial charge in [0, 0.05) is 22.7 Å². The van der Waals surface area contributed by atoms with E-state index in [0.717, 1.165) is 6.08 Å². The predicted octanol–water partition coefficient (Wildman–Crippen LogP) is 2.00. The van der Waals surface area contributed by atoms with Crippen molar-refractivity contribution in [1.29, 1.82) is 0 Å². The van der Waals surface area contributed by atoms with Crippen LogP contribution in [0.25, 0.3) is 6.08 Å². The smallest absolute Gasteiger partial charge is 0.257 e. The number of ether oxygens (including phenoxy) is 1. The van der Waals surface area contributed by atoms with Crippen molar-refractivity contribution in [2.24, 2.45) is 0 Å². The fraction of sp³-hybridized carbons (Fsp3) is 0.143. The molecular weight excluding hydrogens is 344 g/mol. The van der Waals surface area contributed by atoms with Crippen LogP contribution in [0.5, 0.6) is 5.75 Å². The number of halogens is 1. The van der Waals surface area contributed by atoms with Gasteiger partial charge in [-0.2, -0.15) is 0 Å². The largest absolute Gasteiger partial charge is 0.496 e. The maximum absolute atomic E-state index is 11.8. The summed E-state index contributed by atoms with van der Waals surface area (Å²) in [6.07, 6.45) is 3.73. The van der Waals surface area contributed by atoms with Crippen LogP contribution < -0.4 is 9.46 Å². The molecule has 0 spiro atoms. The highest BCUT2D eigenvalue weighted by Gasteiger charge is 2.15. The third-order valence-corrected chi connectivity index (χ3v) is 4.11. The Kier molecular flexibility index (Phi) is 5.41. The molecule has 0 atom stereocenters. The van der Waals surface area contributed by atoms with E-state index in [4.69, 9.17) is 16.3 Å². The van der Waals surface area contributed by atoms with Gasteiger partial charge in [0.25, 0.3) is 5.91 Å². The van der Waals surface area contributed by atoms with Crippen LogP contribution in [0.3, 0.4) is 0 Å². The van der Waals surface area contributed by atoms with Crippen molar-refractivity contribution < 1.29 is 22.5 Å². The molecule has 9 heteroatoms. The SMILES string of the molecule is COc1ccc(Cl)cc1/C=C/C(=O)NS(=O)(=O)Cc1ccon1. The van der Waals surface area contributed by atoms with Gasteiger partial charge in [0.1, 0.15) is 23.5 Å². The lowest BCUT2D eigenvalue weighted by Gasteiger charge is -2.05. The zero-order valence-electron chi connectivity index (χ0n) is 12.0. The van der Waals surface area contributed by atoms with Gasteiger partial charge >= 0.3 is 0 Å². The van der Waals surface area contributed by atoms with Crippen LogP contribution >= 0.6 is 11.6 Å². The summed E-state index contributed by atoms with van der Waals surface area (Å²) in [5, 5.41) is 3.94. The maximum Gasteiger partial charge on any atom is 0.257 e. The van der Waals surface area contributed by atoms with Gasteiger partial charge < -0.3 is 9.26 Å². The fourth-order valence-corrected chi connectivity index (χ4v) is 2.90. The average molecular weight is 357 g/mol. The van der Waals surface area contributed by atoms with Crippen molar-refractivity contribution in [2.75, 3.05) is 7.11 Å². The number of methoxy groups -OCH3 is 1. The Balaban J connectivity index is 2.05. The first-order chi connectivity index (χ1) is 10.9. The molecule has 0 saturated carbocycles. The van der Waals surface area contributed by atoms with Gasteiger partial charge in [-0.25, -0.2) is 13.1 Å². The Bertz CT molecular complexity index is 816. The molecule has 1 N–H and O–H groups in total. The molecule has 1 heterocycles. The molecule has 1 amide bonds. The topological polar surface area (TPSA) is 98.5 Å². The van der Waals surface area contributed by atoms with E-state index < -0.39 is 21.7 Å². The molecule has 1 aromatic carbocycles. The molecule has 0 aliphatic heterocycles. The van der Waals surface area contributed by atoms with Crippen molar-refractivity contribution in [3.63, 3.8) is 0 Å². The highest BCUT2D eigenvalue weighted by Crippen LogP contribution is 2.23. The highest BCUT2D eigenvalue weighted by atomic mass is 35.5. The molecular formula is C14H13ClN2O5S. The standard InChI is InChI=1S/C14H13ClN2O5S/c1-21-13-4-3-11(15)8-10(13)2-5-14(18)17-23(19,20)9-12-6-7-22-16-12/h2-8H,9H2,1H3,(H,17,18)/b5-2+. The summed E-state index contributed by atoms with van der Waals surface area (Å²) in [5.41, 5.74) is 0.745. The van der Waals surface area contributed by atoms with Gasteiger partial charge in [0.05, 0.1) is 7.11 Å². The molecule has 2 aromatic rings. The number of nitrogens with zero attached hydrogens (tertiary/aromatic N) is 1. The lowest BCUT2D eigenvalue weighted by molar-refractivity contribution is -0.114. The predicted molar refractivity (Wildman–Crippen MR) is 84.3 cm³/mol. The molecule has 0 bridgehead atoms. The van der Waals surface area contributed by atoms with Crippen LogP contribution in [-0.4, -0.2) is 26.6 Å². The molecule has 0 aliphatic carbocycles. The van der Waals surface area contributed by atoms with Crippen LogP contribution in [0.4, 0.5) is 0 Å². The van der Waals surface area contributed by atoms with E-state index in [9.17, 15) is 13.2 Å². The molecule has 0 saturated heterocycles. The van der Waals surface area contributed by atoms with Gasteiger partial charge in [-0.3, -0.25) is 4.79 Å². The second-order valence-corrected chi connectivity index (χ2v) is 6.59. The first-order valence-corrected chi connectivity index (χ1v) is 8.38. The minimum atomic E-state index is -3.86. The Morgan fingerprint density at radius 2 is 2.22 bits per heavy atom. The van der Waals surface area contributed by atoms with Gasteiger partial charge in [-0.1, -0.05) is 16.8 Å². The normalized spacial score (nSPS) is 11.6. The van der Waals surface area contributed by atoms with E-state index in [-0.39, 0.29) is 5.69 Å². The van der Waals surface area contributed by atoms with Gasteiger partial charge in [0.15, 0.2) is 0 Å². The summed E-state index contributed by atoms with van der Waals surface area (Å²) in [5.74, 6) is -0.747. The van der Waals surface area contributed by atoms with Crippen LogP contribution in [0, 0.1) is 0 Å². The van der Waals surface area contributed by atoms with E-state index in [0.29, 0.717) is 16.3 Å². The van der Waals surface area contributed by atoms with Crippen molar-refractivity contribution in [3.8, 4) is 5.75 Å². The van der Waals surface area contributed by atoms with Crippen molar-refractivity contribution >= 4 is 33.6 Å². The van der Waals surface area contributed by atoms with Crippen LogP contribution in [0.2, 0.25) is 5.02 Å². The zero-order chi connectivity index (χ0) is 16.9. The number of nitrogens with one attached hydrogen (secondary N) is 1. The quantitative estimate of drug-likeness (QED) is 0.795. The number of rotatable bonds is 6. The fourth-order valence-electron chi connectivity index (χ4n) is 1.73. The van der Waals surface area contributed by atoms with Crippen molar-refractivity contribution in [3.05, 3.63) is 52.9 Å². The number of amides is 1. The molecule has 1 aromatic heterocycles. The Labute approximate surface area is 137 Å². The number of aromatic nitrogens is 1.